The number of hydrogen-bond acceptors (Lipinski definition) is 2. The molecule has 0 aliphatic heterocycles. The number of carbonyl (C=O) groups excluding carboxylic acids is 1. The van der Waals surface area contributed by atoms with Crippen LogP contribution in [0.25, 0.3) is 0 Å². The molecule has 0 aromatic rings. The van der Waals surface area contributed by atoms with Gasteiger partial charge in [0.1, 0.15) is 0 Å². The number of nitrogens with one attached hydrogen (secondary N) is 2. The summed E-state index contributed by atoms with van der Waals surface area (Å²) in [5, 5.41) is 14.4. The maximum absolute atomic E-state index is 11.6. The lowest BCUT2D eigenvalue weighted by Gasteiger charge is -2.23. The van der Waals surface area contributed by atoms with E-state index in [4.69, 9.17) is 5.11 Å². The summed E-state index contributed by atoms with van der Waals surface area (Å²) in [7, 11) is 0. The molecule has 19 heavy (non-hydrogen) atoms. The Hall–Kier alpha value is -1.26. The zero-order valence-corrected chi connectivity index (χ0v) is 12.4. The highest BCUT2D eigenvalue weighted by Crippen LogP contribution is 2.44. The van der Waals surface area contributed by atoms with Crippen molar-refractivity contribution in [1.82, 2.24) is 10.6 Å². The second-order valence-electron chi connectivity index (χ2n) is 6.95. The fourth-order valence-corrected chi connectivity index (χ4v) is 2.01. The van der Waals surface area contributed by atoms with Crippen LogP contribution in [-0.2, 0) is 4.79 Å². The maximum Gasteiger partial charge on any atom is 0.315 e. The van der Waals surface area contributed by atoms with Crippen molar-refractivity contribution in [2.75, 3.05) is 6.54 Å². The van der Waals surface area contributed by atoms with E-state index in [2.05, 4.69) is 24.5 Å². The van der Waals surface area contributed by atoms with Gasteiger partial charge in [-0.25, -0.2) is 4.79 Å². The first kappa shape index (κ1) is 15.8. The number of amides is 2. The predicted octanol–water partition coefficient (Wildman–Crippen LogP) is 2.37. The number of carboxylic acid groups (broad SMARTS) is 1. The molecule has 1 atom stereocenters. The Morgan fingerprint density at radius 3 is 2.37 bits per heavy atom. The molecule has 0 aromatic heterocycles. The minimum absolute atomic E-state index is 0.0650. The Bertz CT molecular complexity index is 351. The first-order valence-electron chi connectivity index (χ1n) is 6.89. The van der Waals surface area contributed by atoms with Crippen LogP contribution in [-0.4, -0.2) is 29.7 Å². The number of carbonyl (C=O) groups is 2. The Balaban J connectivity index is 2.15. The SMILES string of the molecule is CC(C)(CCNC(=O)NC1CC1(C)C)CCC(=O)O. The second-order valence-corrected chi connectivity index (χ2v) is 6.95. The largest absolute Gasteiger partial charge is 0.481 e. The molecule has 5 nitrogen and oxygen atoms in total. The number of aliphatic carboxylic acids is 1. The van der Waals surface area contributed by atoms with Crippen molar-refractivity contribution in [3.63, 3.8) is 0 Å². The molecular weight excluding hydrogens is 244 g/mol. The van der Waals surface area contributed by atoms with Crippen molar-refractivity contribution in [1.29, 1.82) is 0 Å². The molecule has 2 amide bonds. The lowest BCUT2D eigenvalue weighted by atomic mass is 9.84. The molecule has 1 aliphatic rings. The summed E-state index contributed by atoms with van der Waals surface area (Å²) in [6.07, 6.45) is 2.61. The molecule has 0 radical (unpaired) electrons. The van der Waals surface area contributed by atoms with Gasteiger partial charge >= 0.3 is 12.0 Å². The van der Waals surface area contributed by atoms with Crippen LogP contribution in [0, 0.1) is 10.8 Å². The van der Waals surface area contributed by atoms with Crippen molar-refractivity contribution in [2.45, 2.75) is 59.4 Å². The fraction of sp³-hybridized carbons (Fsp3) is 0.857. The van der Waals surface area contributed by atoms with Gasteiger partial charge < -0.3 is 15.7 Å². The van der Waals surface area contributed by atoms with Crippen LogP contribution >= 0.6 is 0 Å². The molecule has 0 bridgehead atoms. The molecule has 0 saturated heterocycles. The average Bonchev–Trinajstić information content (AvgIpc) is 2.83. The van der Waals surface area contributed by atoms with E-state index in [1.165, 1.54) is 0 Å². The van der Waals surface area contributed by atoms with E-state index in [-0.39, 0.29) is 29.3 Å². The van der Waals surface area contributed by atoms with E-state index in [0.29, 0.717) is 13.0 Å². The van der Waals surface area contributed by atoms with E-state index in [1.54, 1.807) is 0 Å². The van der Waals surface area contributed by atoms with Gasteiger partial charge in [0.15, 0.2) is 0 Å². The topological polar surface area (TPSA) is 78.4 Å². The summed E-state index contributed by atoms with van der Waals surface area (Å²) in [6.45, 7) is 8.89. The summed E-state index contributed by atoms with van der Waals surface area (Å²) in [4.78, 5) is 22.2. The smallest absolute Gasteiger partial charge is 0.315 e. The normalized spacial score (nSPS) is 20.7. The predicted molar refractivity (Wildman–Crippen MR) is 74.0 cm³/mol. The van der Waals surface area contributed by atoms with Gasteiger partial charge in [-0.05, 0) is 30.1 Å². The van der Waals surface area contributed by atoms with Crippen molar-refractivity contribution >= 4 is 12.0 Å². The third kappa shape index (κ3) is 5.94. The molecule has 0 heterocycles. The minimum atomic E-state index is -0.769. The molecule has 1 aliphatic carbocycles. The Morgan fingerprint density at radius 1 is 1.32 bits per heavy atom. The van der Waals surface area contributed by atoms with E-state index in [9.17, 15) is 9.59 Å². The Kier molecular flexibility index (Phi) is 4.82. The maximum atomic E-state index is 11.6. The van der Waals surface area contributed by atoms with E-state index in [0.717, 1.165) is 12.8 Å². The number of hydrogen-bond donors (Lipinski definition) is 3. The molecule has 110 valence electrons. The van der Waals surface area contributed by atoms with Crippen LogP contribution in [0.15, 0.2) is 0 Å². The highest BCUT2D eigenvalue weighted by molar-refractivity contribution is 5.74. The van der Waals surface area contributed by atoms with Crippen LogP contribution < -0.4 is 10.6 Å². The quantitative estimate of drug-likeness (QED) is 0.664. The van der Waals surface area contributed by atoms with Crippen LogP contribution in [0.2, 0.25) is 0 Å². The third-order valence-electron chi connectivity index (χ3n) is 3.92. The summed E-state index contributed by atoms with van der Waals surface area (Å²) in [6, 6.07) is 0.164. The van der Waals surface area contributed by atoms with Gasteiger partial charge in [-0.2, -0.15) is 0 Å². The highest BCUT2D eigenvalue weighted by Gasteiger charge is 2.46. The van der Waals surface area contributed by atoms with Crippen LogP contribution in [0.1, 0.15) is 53.4 Å². The van der Waals surface area contributed by atoms with Crippen LogP contribution in [0.4, 0.5) is 4.79 Å². The van der Waals surface area contributed by atoms with E-state index >= 15 is 0 Å². The van der Waals surface area contributed by atoms with E-state index < -0.39 is 5.97 Å². The Morgan fingerprint density at radius 2 is 1.89 bits per heavy atom. The first-order valence-corrected chi connectivity index (χ1v) is 6.89. The fourth-order valence-electron chi connectivity index (χ4n) is 2.01. The minimum Gasteiger partial charge on any atom is -0.481 e. The number of urea groups is 1. The molecule has 3 N–H and O–H groups in total. The molecule has 1 saturated carbocycles. The van der Waals surface area contributed by atoms with Gasteiger partial charge in [-0.1, -0.05) is 27.7 Å². The van der Waals surface area contributed by atoms with Crippen LogP contribution in [0.3, 0.4) is 0 Å². The van der Waals surface area contributed by atoms with Crippen LogP contribution in [0.5, 0.6) is 0 Å². The van der Waals surface area contributed by atoms with Gasteiger partial charge in [0.2, 0.25) is 0 Å². The summed E-state index contributed by atoms with van der Waals surface area (Å²) in [5.74, 6) is -0.769. The van der Waals surface area contributed by atoms with Gasteiger partial charge in [-0.15, -0.1) is 0 Å². The van der Waals surface area contributed by atoms with Crippen molar-refractivity contribution < 1.29 is 14.7 Å². The van der Waals surface area contributed by atoms with Gasteiger partial charge in [-0.3, -0.25) is 4.79 Å². The third-order valence-corrected chi connectivity index (χ3v) is 3.92. The summed E-state index contributed by atoms with van der Waals surface area (Å²) in [5.41, 5.74) is 0.169. The zero-order valence-electron chi connectivity index (χ0n) is 12.4. The lowest BCUT2D eigenvalue weighted by molar-refractivity contribution is -0.137. The highest BCUT2D eigenvalue weighted by atomic mass is 16.4. The number of carboxylic acids is 1. The summed E-state index contributed by atoms with van der Waals surface area (Å²) >= 11 is 0. The molecular formula is C14H26N2O3. The molecule has 1 fully saturated rings. The summed E-state index contributed by atoms with van der Waals surface area (Å²) < 4.78 is 0. The van der Waals surface area contributed by atoms with Gasteiger partial charge in [0.05, 0.1) is 0 Å². The molecule has 1 rings (SSSR count). The monoisotopic (exact) mass is 270 g/mol. The Labute approximate surface area is 115 Å². The van der Waals surface area contributed by atoms with Gasteiger partial charge in [0, 0.05) is 19.0 Å². The van der Waals surface area contributed by atoms with Crippen molar-refractivity contribution in [2.24, 2.45) is 10.8 Å². The molecule has 0 spiro atoms. The van der Waals surface area contributed by atoms with E-state index in [1.807, 2.05) is 13.8 Å². The van der Waals surface area contributed by atoms with Crippen molar-refractivity contribution in [3.05, 3.63) is 0 Å². The molecule has 1 unspecified atom stereocenters. The van der Waals surface area contributed by atoms with Crippen molar-refractivity contribution in [3.8, 4) is 0 Å². The molecule has 0 aromatic carbocycles. The second kappa shape index (κ2) is 5.80. The van der Waals surface area contributed by atoms with Gasteiger partial charge in [0.25, 0.3) is 0 Å². The lowest BCUT2D eigenvalue weighted by Crippen LogP contribution is -2.39. The first-order chi connectivity index (χ1) is 8.62. The number of rotatable bonds is 7. The molecule has 5 heteroatoms. The zero-order chi connectivity index (χ0) is 14.7. The standard InChI is InChI=1S/C14H26N2O3/c1-13(2,6-5-11(17)18)7-8-15-12(19)16-10-9-14(10,3)4/h10H,5-9H2,1-4H3,(H,17,18)(H2,15,16,19). The average molecular weight is 270 g/mol.